The van der Waals surface area contributed by atoms with Crippen LogP contribution in [0.5, 0.6) is 0 Å². The lowest BCUT2D eigenvalue weighted by molar-refractivity contribution is -0.131. The number of carbonyl (C=O) groups is 1. The summed E-state index contributed by atoms with van der Waals surface area (Å²) in [5, 5.41) is 0.661. The Morgan fingerprint density at radius 3 is 2.33 bits per heavy atom. The molecule has 0 radical (unpaired) electrons. The van der Waals surface area contributed by atoms with E-state index in [9.17, 15) is 13.2 Å². The summed E-state index contributed by atoms with van der Waals surface area (Å²) in [6.07, 6.45) is 3.87. The second-order valence-corrected chi connectivity index (χ2v) is 9.95. The molecule has 3 rings (SSSR count). The Morgan fingerprint density at radius 2 is 1.70 bits per heavy atom. The van der Waals surface area contributed by atoms with E-state index in [0.29, 0.717) is 48.9 Å². The third-order valence-corrected chi connectivity index (χ3v) is 7.84. The molecule has 0 spiro atoms. The zero-order chi connectivity index (χ0) is 21.6. The van der Waals surface area contributed by atoms with Crippen LogP contribution in [-0.2, 0) is 27.8 Å². The lowest BCUT2D eigenvalue weighted by Gasteiger charge is -2.25. The van der Waals surface area contributed by atoms with Crippen molar-refractivity contribution in [1.82, 2.24) is 9.21 Å². The van der Waals surface area contributed by atoms with Crippen molar-refractivity contribution in [3.63, 3.8) is 0 Å². The van der Waals surface area contributed by atoms with Gasteiger partial charge in [-0.05, 0) is 55.5 Å². The van der Waals surface area contributed by atoms with Crippen LogP contribution in [0.1, 0.15) is 43.7 Å². The maximum Gasteiger partial charge on any atom is 0.243 e. The molecule has 1 aliphatic heterocycles. The minimum absolute atomic E-state index is 0.0578. The molecule has 1 aliphatic rings. The minimum atomic E-state index is -3.42. The molecular weight excluding hydrogens is 420 g/mol. The van der Waals surface area contributed by atoms with Crippen LogP contribution >= 0.6 is 11.6 Å². The fraction of sp³-hybridized carbons (Fsp3) is 0.435. The Labute approximate surface area is 184 Å². The molecule has 0 aliphatic carbocycles. The zero-order valence-corrected chi connectivity index (χ0v) is 19.0. The van der Waals surface area contributed by atoms with Crippen molar-refractivity contribution in [3.05, 3.63) is 64.7 Å². The smallest absolute Gasteiger partial charge is 0.243 e. The standard InChI is InChI=1S/C23H29ClN2O3S/c1-2-25(18-20-8-4-5-9-22(20)24)23(27)15-12-19-10-13-21(14-11-19)30(28,29)26-16-6-3-7-17-26/h4-5,8-11,13-14H,2-3,6-7,12,15-18H2,1H3. The Kier molecular flexibility index (Phi) is 7.92. The number of aryl methyl sites for hydroxylation is 1. The number of hydrogen-bond acceptors (Lipinski definition) is 3. The number of piperidine rings is 1. The number of halogens is 1. The van der Waals surface area contributed by atoms with E-state index < -0.39 is 10.0 Å². The fourth-order valence-corrected chi connectivity index (χ4v) is 5.41. The largest absolute Gasteiger partial charge is 0.339 e. The molecule has 162 valence electrons. The van der Waals surface area contributed by atoms with Crippen molar-refractivity contribution in [2.45, 2.75) is 50.5 Å². The number of rotatable bonds is 8. The van der Waals surface area contributed by atoms with Crippen LogP contribution in [0.4, 0.5) is 0 Å². The molecular formula is C23H29ClN2O3S. The molecule has 0 N–H and O–H groups in total. The van der Waals surface area contributed by atoms with Gasteiger partial charge in [-0.15, -0.1) is 0 Å². The van der Waals surface area contributed by atoms with E-state index in [4.69, 9.17) is 11.6 Å². The van der Waals surface area contributed by atoms with Crippen molar-refractivity contribution in [1.29, 1.82) is 0 Å². The summed E-state index contributed by atoms with van der Waals surface area (Å²) >= 11 is 6.22. The van der Waals surface area contributed by atoms with E-state index in [1.165, 1.54) is 0 Å². The van der Waals surface area contributed by atoms with Gasteiger partial charge in [0.2, 0.25) is 15.9 Å². The van der Waals surface area contributed by atoms with Crippen LogP contribution in [0.2, 0.25) is 5.02 Å². The van der Waals surface area contributed by atoms with Gasteiger partial charge in [-0.3, -0.25) is 4.79 Å². The highest BCUT2D eigenvalue weighted by atomic mass is 35.5. The molecule has 7 heteroatoms. The third-order valence-electron chi connectivity index (χ3n) is 5.56. The molecule has 0 bridgehead atoms. The molecule has 1 fully saturated rings. The van der Waals surface area contributed by atoms with Gasteiger partial charge < -0.3 is 4.90 Å². The van der Waals surface area contributed by atoms with Gasteiger partial charge in [-0.25, -0.2) is 8.42 Å². The first-order valence-corrected chi connectivity index (χ1v) is 12.3. The summed E-state index contributed by atoms with van der Waals surface area (Å²) in [6, 6.07) is 14.5. The third kappa shape index (κ3) is 5.62. The van der Waals surface area contributed by atoms with Crippen molar-refractivity contribution in [2.24, 2.45) is 0 Å². The van der Waals surface area contributed by atoms with Gasteiger partial charge in [0.05, 0.1) is 4.90 Å². The van der Waals surface area contributed by atoms with Crippen molar-refractivity contribution in [2.75, 3.05) is 19.6 Å². The van der Waals surface area contributed by atoms with Gasteiger partial charge >= 0.3 is 0 Å². The van der Waals surface area contributed by atoms with E-state index in [-0.39, 0.29) is 5.91 Å². The maximum absolute atomic E-state index is 12.7. The normalized spacial score (nSPS) is 15.1. The highest BCUT2D eigenvalue weighted by molar-refractivity contribution is 7.89. The second kappa shape index (κ2) is 10.4. The van der Waals surface area contributed by atoms with Gasteiger partial charge in [-0.1, -0.05) is 48.4 Å². The average Bonchev–Trinajstić information content (AvgIpc) is 2.78. The number of carbonyl (C=O) groups excluding carboxylic acids is 1. The molecule has 0 saturated carbocycles. The van der Waals surface area contributed by atoms with Crippen LogP contribution in [0.25, 0.3) is 0 Å². The van der Waals surface area contributed by atoms with Crippen molar-refractivity contribution < 1.29 is 13.2 Å². The number of benzene rings is 2. The van der Waals surface area contributed by atoms with E-state index >= 15 is 0 Å². The van der Waals surface area contributed by atoms with Crippen LogP contribution in [-0.4, -0.2) is 43.2 Å². The molecule has 2 aromatic carbocycles. The van der Waals surface area contributed by atoms with Crippen molar-refractivity contribution >= 4 is 27.5 Å². The molecule has 1 saturated heterocycles. The van der Waals surface area contributed by atoms with Crippen LogP contribution in [0, 0.1) is 0 Å². The lowest BCUT2D eigenvalue weighted by atomic mass is 10.1. The number of hydrogen-bond donors (Lipinski definition) is 0. The Morgan fingerprint density at radius 1 is 1.03 bits per heavy atom. The Hall–Kier alpha value is -1.89. The molecule has 0 unspecified atom stereocenters. The average molecular weight is 449 g/mol. The summed E-state index contributed by atoms with van der Waals surface area (Å²) in [6.45, 7) is 4.24. The van der Waals surface area contributed by atoms with Crippen molar-refractivity contribution in [3.8, 4) is 0 Å². The molecule has 0 aromatic heterocycles. The van der Waals surface area contributed by atoms with E-state index in [0.717, 1.165) is 30.4 Å². The van der Waals surface area contributed by atoms with Gasteiger partial charge in [0.1, 0.15) is 0 Å². The summed E-state index contributed by atoms with van der Waals surface area (Å²) in [5.74, 6) is 0.0578. The Balaban J connectivity index is 1.58. The van der Waals surface area contributed by atoms with Crippen LogP contribution in [0.3, 0.4) is 0 Å². The van der Waals surface area contributed by atoms with Gasteiger partial charge in [0.15, 0.2) is 0 Å². The number of sulfonamides is 1. The topological polar surface area (TPSA) is 57.7 Å². The van der Waals surface area contributed by atoms with Gasteiger partial charge in [-0.2, -0.15) is 4.31 Å². The number of nitrogens with zero attached hydrogens (tertiary/aromatic N) is 2. The van der Waals surface area contributed by atoms with E-state index in [1.54, 1.807) is 21.3 Å². The summed E-state index contributed by atoms with van der Waals surface area (Å²) in [4.78, 5) is 14.8. The summed E-state index contributed by atoms with van der Waals surface area (Å²) in [5.41, 5.74) is 1.89. The molecule has 30 heavy (non-hydrogen) atoms. The molecule has 1 heterocycles. The zero-order valence-electron chi connectivity index (χ0n) is 17.4. The van der Waals surface area contributed by atoms with E-state index in [1.807, 2.05) is 43.3 Å². The molecule has 5 nitrogen and oxygen atoms in total. The SMILES string of the molecule is CCN(Cc1ccccc1Cl)C(=O)CCc1ccc(S(=O)(=O)N2CCCCC2)cc1. The predicted molar refractivity (Wildman–Crippen MR) is 120 cm³/mol. The quantitative estimate of drug-likeness (QED) is 0.597. The second-order valence-electron chi connectivity index (χ2n) is 7.61. The first-order valence-electron chi connectivity index (χ1n) is 10.5. The molecule has 2 aromatic rings. The van der Waals surface area contributed by atoms with Crippen LogP contribution < -0.4 is 0 Å². The summed E-state index contributed by atoms with van der Waals surface area (Å²) in [7, 11) is -3.42. The van der Waals surface area contributed by atoms with Gasteiger partial charge in [0, 0.05) is 37.6 Å². The van der Waals surface area contributed by atoms with E-state index in [2.05, 4.69) is 0 Å². The first-order chi connectivity index (χ1) is 14.4. The van der Waals surface area contributed by atoms with Crippen LogP contribution in [0.15, 0.2) is 53.4 Å². The first kappa shape index (κ1) is 22.8. The van der Waals surface area contributed by atoms with Gasteiger partial charge in [0.25, 0.3) is 0 Å². The molecule has 1 amide bonds. The minimum Gasteiger partial charge on any atom is -0.339 e. The monoisotopic (exact) mass is 448 g/mol. The predicted octanol–water partition coefficient (Wildman–Crippen LogP) is 4.50. The molecule has 0 atom stereocenters. The highest BCUT2D eigenvalue weighted by Gasteiger charge is 2.25. The summed E-state index contributed by atoms with van der Waals surface area (Å²) < 4.78 is 27.1. The highest BCUT2D eigenvalue weighted by Crippen LogP contribution is 2.22. The lowest BCUT2D eigenvalue weighted by Crippen LogP contribution is -2.35. The fourth-order valence-electron chi connectivity index (χ4n) is 3.70. The number of amides is 1. The Bertz CT molecular complexity index is 955. The maximum atomic E-state index is 12.7.